The standard InChI is InChI=1S/C19H21N3OS/c1-12-10-14(7-8-16(12)23-3)18-17(15-6-4-5-9-20-15)21-19-22(18)11-13(2)24-19/h4-10,13,17-18H,11H2,1-3H3/t13-,17-,18-/m1/s1. The van der Waals surface area contributed by atoms with Crippen LogP contribution in [0.15, 0.2) is 47.6 Å². The van der Waals surface area contributed by atoms with Crippen molar-refractivity contribution in [3.63, 3.8) is 0 Å². The highest BCUT2D eigenvalue weighted by Gasteiger charge is 2.43. The van der Waals surface area contributed by atoms with Crippen molar-refractivity contribution >= 4 is 16.9 Å². The molecule has 0 unspecified atom stereocenters. The van der Waals surface area contributed by atoms with Gasteiger partial charge in [-0.25, -0.2) is 0 Å². The van der Waals surface area contributed by atoms with Gasteiger partial charge in [-0.15, -0.1) is 0 Å². The number of hydrogen-bond donors (Lipinski definition) is 0. The summed E-state index contributed by atoms with van der Waals surface area (Å²) in [6, 6.07) is 12.8. The number of thioether (sulfide) groups is 1. The van der Waals surface area contributed by atoms with Crippen LogP contribution in [0.5, 0.6) is 5.75 Å². The molecule has 2 aliphatic rings. The van der Waals surface area contributed by atoms with E-state index in [1.165, 1.54) is 5.56 Å². The van der Waals surface area contributed by atoms with Gasteiger partial charge in [-0.1, -0.05) is 36.9 Å². The highest BCUT2D eigenvalue weighted by Crippen LogP contribution is 2.47. The Bertz CT molecular complexity index is 777. The summed E-state index contributed by atoms with van der Waals surface area (Å²) in [7, 11) is 1.72. The zero-order valence-corrected chi connectivity index (χ0v) is 15.0. The molecule has 1 aromatic carbocycles. The minimum Gasteiger partial charge on any atom is -0.496 e. The maximum absolute atomic E-state index is 5.42. The number of nitrogens with zero attached hydrogens (tertiary/aromatic N) is 3. The summed E-state index contributed by atoms with van der Waals surface area (Å²) in [6.45, 7) is 5.39. The van der Waals surface area contributed by atoms with Gasteiger partial charge in [-0.2, -0.15) is 0 Å². The molecule has 1 aromatic heterocycles. The van der Waals surface area contributed by atoms with Crippen molar-refractivity contribution in [3.05, 3.63) is 59.4 Å². The molecule has 2 aliphatic heterocycles. The van der Waals surface area contributed by atoms with Crippen LogP contribution in [0.4, 0.5) is 0 Å². The monoisotopic (exact) mass is 339 g/mol. The fraction of sp³-hybridized carbons (Fsp3) is 0.368. The number of benzene rings is 1. The van der Waals surface area contributed by atoms with Gasteiger partial charge in [-0.3, -0.25) is 9.98 Å². The molecular formula is C19H21N3OS. The number of ether oxygens (including phenoxy) is 1. The van der Waals surface area contributed by atoms with E-state index in [0.717, 1.165) is 28.7 Å². The van der Waals surface area contributed by atoms with E-state index in [9.17, 15) is 0 Å². The van der Waals surface area contributed by atoms with Gasteiger partial charge in [0.2, 0.25) is 0 Å². The number of amidine groups is 1. The normalized spacial score (nSPS) is 25.5. The molecule has 0 saturated carbocycles. The number of hydrogen-bond acceptors (Lipinski definition) is 5. The molecule has 0 aliphatic carbocycles. The topological polar surface area (TPSA) is 37.7 Å². The smallest absolute Gasteiger partial charge is 0.160 e. The summed E-state index contributed by atoms with van der Waals surface area (Å²) >= 11 is 1.87. The van der Waals surface area contributed by atoms with Crippen molar-refractivity contribution in [2.75, 3.05) is 13.7 Å². The maximum atomic E-state index is 5.42. The Morgan fingerprint density at radius 3 is 2.83 bits per heavy atom. The molecule has 0 amide bonds. The van der Waals surface area contributed by atoms with Gasteiger partial charge in [-0.05, 0) is 36.2 Å². The summed E-state index contributed by atoms with van der Waals surface area (Å²) < 4.78 is 5.42. The number of aromatic nitrogens is 1. The van der Waals surface area contributed by atoms with Crippen molar-refractivity contribution in [1.82, 2.24) is 9.88 Å². The van der Waals surface area contributed by atoms with Crippen molar-refractivity contribution in [3.8, 4) is 5.75 Å². The van der Waals surface area contributed by atoms with E-state index in [1.807, 2.05) is 30.1 Å². The first-order valence-electron chi connectivity index (χ1n) is 8.24. The molecule has 124 valence electrons. The molecule has 4 nitrogen and oxygen atoms in total. The Labute approximate surface area is 147 Å². The van der Waals surface area contributed by atoms with Crippen LogP contribution in [-0.2, 0) is 0 Å². The van der Waals surface area contributed by atoms with E-state index in [4.69, 9.17) is 9.73 Å². The molecule has 0 radical (unpaired) electrons. The Kier molecular flexibility index (Phi) is 3.96. The van der Waals surface area contributed by atoms with Crippen LogP contribution in [0.3, 0.4) is 0 Å². The third-order valence-corrected chi connectivity index (χ3v) is 5.74. The third kappa shape index (κ3) is 2.57. The number of aliphatic imine (C=N–C) groups is 1. The molecule has 0 N–H and O–H groups in total. The van der Waals surface area contributed by atoms with E-state index in [2.05, 4.69) is 48.0 Å². The lowest BCUT2D eigenvalue weighted by Gasteiger charge is -2.27. The fourth-order valence-corrected chi connectivity index (χ4v) is 4.66. The second-order valence-corrected chi connectivity index (χ2v) is 7.77. The molecule has 24 heavy (non-hydrogen) atoms. The van der Waals surface area contributed by atoms with Gasteiger partial charge >= 0.3 is 0 Å². The molecule has 2 aromatic rings. The molecule has 4 rings (SSSR count). The maximum Gasteiger partial charge on any atom is 0.160 e. The van der Waals surface area contributed by atoms with E-state index < -0.39 is 0 Å². The zero-order valence-electron chi connectivity index (χ0n) is 14.1. The van der Waals surface area contributed by atoms with Crippen LogP contribution in [0, 0.1) is 6.92 Å². The molecule has 0 bridgehead atoms. The minimum absolute atomic E-state index is 0.0500. The van der Waals surface area contributed by atoms with Crippen LogP contribution < -0.4 is 4.74 Å². The van der Waals surface area contributed by atoms with E-state index in [1.54, 1.807) is 7.11 Å². The summed E-state index contributed by atoms with van der Waals surface area (Å²) in [5.41, 5.74) is 3.46. The summed E-state index contributed by atoms with van der Waals surface area (Å²) in [5, 5.41) is 1.73. The first kappa shape index (κ1) is 15.5. The Hall–Kier alpha value is -2.01. The number of rotatable bonds is 3. The lowest BCUT2D eigenvalue weighted by atomic mass is 9.95. The average molecular weight is 339 g/mol. The molecule has 3 atom stereocenters. The first-order valence-corrected chi connectivity index (χ1v) is 9.12. The highest BCUT2D eigenvalue weighted by molar-refractivity contribution is 8.14. The lowest BCUT2D eigenvalue weighted by molar-refractivity contribution is 0.320. The molecule has 0 spiro atoms. The molecule has 1 saturated heterocycles. The molecule has 3 heterocycles. The van der Waals surface area contributed by atoms with Gasteiger partial charge in [0.25, 0.3) is 0 Å². The zero-order chi connectivity index (χ0) is 16.7. The molecule has 5 heteroatoms. The van der Waals surface area contributed by atoms with Gasteiger partial charge in [0.1, 0.15) is 11.8 Å². The van der Waals surface area contributed by atoms with E-state index in [-0.39, 0.29) is 12.1 Å². The Morgan fingerprint density at radius 1 is 1.25 bits per heavy atom. The van der Waals surface area contributed by atoms with Crippen molar-refractivity contribution in [2.24, 2.45) is 4.99 Å². The average Bonchev–Trinajstić information content (AvgIpc) is 3.11. The largest absolute Gasteiger partial charge is 0.496 e. The van der Waals surface area contributed by atoms with Crippen LogP contribution in [0.1, 0.15) is 35.8 Å². The number of aryl methyl sites for hydroxylation is 1. The number of fused-ring (bicyclic) bond motifs is 1. The van der Waals surface area contributed by atoms with Crippen molar-refractivity contribution < 1.29 is 4.74 Å². The minimum atomic E-state index is 0.0500. The molecule has 1 fully saturated rings. The van der Waals surface area contributed by atoms with E-state index in [0.29, 0.717) is 5.25 Å². The number of pyridine rings is 1. The van der Waals surface area contributed by atoms with Crippen molar-refractivity contribution in [2.45, 2.75) is 31.2 Å². The summed E-state index contributed by atoms with van der Waals surface area (Å²) in [6.07, 6.45) is 1.85. The predicted octanol–water partition coefficient (Wildman–Crippen LogP) is 3.99. The van der Waals surface area contributed by atoms with Gasteiger partial charge in [0.05, 0.1) is 18.8 Å². The van der Waals surface area contributed by atoms with Crippen LogP contribution in [0.2, 0.25) is 0 Å². The quantitative estimate of drug-likeness (QED) is 0.847. The Morgan fingerprint density at radius 2 is 2.12 bits per heavy atom. The van der Waals surface area contributed by atoms with Crippen LogP contribution in [0.25, 0.3) is 0 Å². The van der Waals surface area contributed by atoms with Gasteiger partial charge in [0.15, 0.2) is 5.17 Å². The second-order valence-electron chi connectivity index (χ2n) is 6.37. The molecular weight excluding hydrogens is 318 g/mol. The second kappa shape index (κ2) is 6.13. The first-order chi connectivity index (χ1) is 11.7. The van der Waals surface area contributed by atoms with Crippen LogP contribution in [-0.4, -0.2) is 34.0 Å². The SMILES string of the molecule is COc1ccc([C@@H]2[C@@H](c3ccccn3)N=C3S[C@H](C)CN32)cc1C. The Balaban J connectivity index is 1.77. The van der Waals surface area contributed by atoms with Gasteiger partial charge < -0.3 is 9.64 Å². The fourth-order valence-electron chi connectivity index (χ4n) is 3.56. The highest BCUT2D eigenvalue weighted by atomic mass is 32.2. The summed E-state index contributed by atoms with van der Waals surface area (Å²) in [5.74, 6) is 0.927. The lowest BCUT2D eigenvalue weighted by Crippen LogP contribution is -2.28. The predicted molar refractivity (Wildman–Crippen MR) is 98.6 cm³/mol. The van der Waals surface area contributed by atoms with Crippen LogP contribution >= 0.6 is 11.8 Å². The van der Waals surface area contributed by atoms with E-state index >= 15 is 0 Å². The van der Waals surface area contributed by atoms with Crippen molar-refractivity contribution in [1.29, 1.82) is 0 Å². The number of methoxy groups -OCH3 is 1. The third-order valence-electron chi connectivity index (χ3n) is 4.64. The van der Waals surface area contributed by atoms with Gasteiger partial charge in [0, 0.05) is 18.0 Å². The summed E-state index contributed by atoms with van der Waals surface area (Å²) in [4.78, 5) is 12.0.